The first kappa shape index (κ1) is 16.7. The van der Waals surface area contributed by atoms with Gasteiger partial charge in [-0.25, -0.2) is 0 Å². The Labute approximate surface area is 131 Å². The quantitative estimate of drug-likeness (QED) is 0.663. The lowest BCUT2D eigenvalue weighted by atomic mass is 9.64. The molecule has 0 bridgehead atoms. The van der Waals surface area contributed by atoms with Crippen LogP contribution in [0.2, 0.25) is 0 Å². The van der Waals surface area contributed by atoms with Gasteiger partial charge in [0, 0.05) is 16.0 Å². The zero-order valence-electron chi connectivity index (χ0n) is 14.3. The summed E-state index contributed by atoms with van der Waals surface area (Å²) >= 11 is 2.24. The first-order valence-electron chi connectivity index (χ1n) is 8.87. The van der Waals surface area contributed by atoms with Crippen molar-refractivity contribution in [3.63, 3.8) is 0 Å². The number of hydrogen-bond acceptors (Lipinski definition) is 2. The Kier molecular flexibility index (Phi) is 5.88. The molecule has 2 fully saturated rings. The van der Waals surface area contributed by atoms with Gasteiger partial charge in [-0.1, -0.05) is 27.2 Å². The summed E-state index contributed by atoms with van der Waals surface area (Å²) in [7, 11) is 0. The zero-order valence-corrected chi connectivity index (χ0v) is 15.1. The average Bonchev–Trinajstić information content (AvgIpc) is 2.37. The Morgan fingerprint density at radius 2 is 1.75 bits per heavy atom. The second-order valence-electron chi connectivity index (χ2n) is 7.64. The van der Waals surface area contributed by atoms with Crippen molar-refractivity contribution in [1.82, 2.24) is 4.90 Å². The van der Waals surface area contributed by atoms with E-state index in [4.69, 9.17) is 0 Å². The van der Waals surface area contributed by atoms with E-state index >= 15 is 0 Å². The van der Waals surface area contributed by atoms with Crippen LogP contribution in [0.3, 0.4) is 0 Å². The number of thioether (sulfide) groups is 1. The Hall–Kier alpha value is 0.310. The monoisotopic (exact) mass is 297 g/mol. The highest BCUT2D eigenvalue weighted by Gasteiger charge is 2.43. The van der Waals surface area contributed by atoms with Gasteiger partial charge in [-0.15, -0.1) is 0 Å². The van der Waals surface area contributed by atoms with Crippen molar-refractivity contribution < 1.29 is 0 Å². The molecule has 2 rings (SSSR count). The summed E-state index contributed by atoms with van der Waals surface area (Å²) in [6.07, 6.45) is 8.47. The van der Waals surface area contributed by atoms with Crippen LogP contribution in [-0.2, 0) is 0 Å². The molecule has 1 atom stereocenters. The van der Waals surface area contributed by atoms with E-state index in [1.54, 1.807) is 0 Å². The fourth-order valence-corrected chi connectivity index (χ4v) is 5.23. The molecule has 0 aromatic rings. The molecule has 1 saturated heterocycles. The van der Waals surface area contributed by atoms with Gasteiger partial charge in [-0.3, -0.25) is 4.90 Å². The first-order chi connectivity index (χ1) is 9.47. The van der Waals surface area contributed by atoms with Gasteiger partial charge in [0.2, 0.25) is 0 Å². The van der Waals surface area contributed by atoms with E-state index in [0.29, 0.717) is 5.54 Å². The molecule has 1 saturated carbocycles. The van der Waals surface area contributed by atoms with Crippen LogP contribution >= 0.6 is 11.8 Å². The molecular weight excluding hydrogens is 262 g/mol. The van der Waals surface area contributed by atoms with Crippen molar-refractivity contribution >= 4 is 11.8 Å². The third kappa shape index (κ3) is 3.74. The van der Waals surface area contributed by atoms with E-state index in [1.807, 2.05) is 0 Å². The van der Waals surface area contributed by atoms with Crippen molar-refractivity contribution in [2.75, 3.05) is 13.1 Å². The Morgan fingerprint density at radius 1 is 1.15 bits per heavy atom. The highest BCUT2D eigenvalue weighted by Crippen LogP contribution is 2.45. The van der Waals surface area contributed by atoms with Crippen LogP contribution in [0.25, 0.3) is 0 Å². The van der Waals surface area contributed by atoms with Crippen LogP contribution < -0.4 is 0 Å². The maximum atomic E-state index is 2.80. The van der Waals surface area contributed by atoms with Gasteiger partial charge < -0.3 is 0 Å². The number of hydrogen-bond donors (Lipinski definition) is 0. The Balaban J connectivity index is 1.78. The van der Waals surface area contributed by atoms with Crippen molar-refractivity contribution in [3.05, 3.63) is 0 Å². The largest absolute Gasteiger partial charge is 0.298 e. The van der Waals surface area contributed by atoms with E-state index in [2.05, 4.69) is 51.3 Å². The average molecular weight is 298 g/mol. The molecule has 1 aliphatic heterocycles. The predicted octanol–water partition coefficient (Wildman–Crippen LogP) is 5.20. The SMILES string of the molecule is CCC1CC(C(C)(C)N2CCC(SC(C)CC)CC2)C1. The Morgan fingerprint density at radius 3 is 2.25 bits per heavy atom. The van der Waals surface area contributed by atoms with Gasteiger partial charge in [0.15, 0.2) is 0 Å². The summed E-state index contributed by atoms with van der Waals surface area (Å²) in [5.74, 6) is 1.98. The number of piperidine rings is 1. The molecule has 0 radical (unpaired) electrons. The highest BCUT2D eigenvalue weighted by atomic mass is 32.2. The lowest BCUT2D eigenvalue weighted by Gasteiger charge is -2.52. The highest BCUT2D eigenvalue weighted by molar-refractivity contribution is 8.00. The third-order valence-electron chi connectivity index (χ3n) is 6.07. The molecule has 1 unspecified atom stereocenters. The summed E-state index contributed by atoms with van der Waals surface area (Å²) in [5, 5.41) is 1.76. The fourth-order valence-electron chi connectivity index (χ4n) is 3.90. The zero-order chi connectivity index (χ0) is 14.8. The van der Waals surface area contributed by atoms with E-state index < -0.39 is 0 Å². The Bertz CT molecular complexity index is 288. The molecule has 1 nitrogen and oxygen atoms in total. The van der Waals surface area contributed by atoms with Crippen LogP contribution in [0.5, 0.6) is 0 Å². The summed E-state index contributed by atoms with van der Waals surface area (Å²) in [5.41, 5.74) is 0.442. The standard InChI is InChI=1S/C18H35NS/c1-6-14(3)20-17-8-10-19(11-9-17)18(4,5)16-12-15(7-2)13-16/h14-17H,6-13H2,1-5H3. The molecule has 0 amide bonds. The van der Waals surface area contributed by atoms with E-state index in [9.17, 15) is 0 Å². The van der Waals surface area contributed by atoms with Crippen molar-refractivity contribution in [1.29, 1.82) is 0 Å². The number of likely N-dealkylation sites (tertiary alicyclic amines) is 1. The minimum atomic E-state index is 0.442. The molecule has 2 heteroatoms. The molecule has 0 aromatic carbocycles. The van der Waals surface area contributed by atoms with Crippen molar-refractivity contribution in [2.24, 2.45) is 11.8 Å². The predicted molar refractivity (Wildman–Crippen MR) is 92.5 cm³/mol. The first-order valence-corrected chi connectivity index (χ1v) is 9.82. The van der Waals surface area contributed by atoms with Crippen LogP contribution in [0.4, 0.5) is 0 Å². The van der Waals surface area contributed by atoms with Crippen LogP contribution in [-0.4, -0.2) is 34.0 Å². The second-order valence-corrected chi connectivity index (χ2v) is 9.38. The molecule has 1 heterocycles. The minimum Gasteiger partial charge on any atom is -0.298 e. The topological polar surface area (TPSA) is 3.24 Å². The lowest BCUT2D eigenvalue weighted by molar-refractivity contribution is -0.0137. The van der Waals surface area contributed by atoms with Crippen LogP contribution in [0, 0.1) is 11.8 Å². The van der Waals surface area contributed by atoms with E-state index in [0.717, 1.165) is 22.3 Å². The number of rotatable bonds is 6. The fraction of sp³-hybridized carbons (Fsp3) is 1.00. The summed E-state index contributed by atoms with van der Waals surface area (Å²) < 4.78 is 0. The van der Waals surface area contributed by atoms with Gasteiger partial charge >= 0.3 is 0 Å². The van der Waals surface area contributed by atoms with Crippen LogP contribution in [0.15, 0.2) is 0 Å². The summed E-state index contributed by atoms with van der Waals surface area (Å²) in [6, 6.07) is 0. The van der Waals surface area contributed by atoms with Crippen molar-refractivity contribution in [2.45, 2.75) is 89.2 Å². The third-order valence-corrected chi connectivity index (χ3v) is 7.72. The molecule has 1 aliphatic carbocycles. The van der Waals surface area contributed by atoms with Gasteiger partial charge in [0.1, 0.15) is 0 Å². The van der Waals surface area contributed by atoms with E-state index in [-0.39, 0.29) is 0 Å². The van der Waals surface area contributed by atoms with Gasteiger partial charge in [0.25, 0.3) is 0 Å². The molecule has 0 spiro atoms. The smallest absolute Gasteiger partial charge is 0.0181 e. The molecule has 2 aliphatic rings. The minimum absolute atomic E-state index is 0.442. The van der Waals surface area contributed by atoms with Crippen LogP contribution in [0.1, 0.15) is 73.1 Å². The summed E-state index contributed by atoms with van der Waals surface area (Å²) in [4.78, 5) is 2.80. The van der Waals surface area contributed by atoms with E-state index in [1.165, 1.54) is 51.6 Å². The molecule has 0 aromatic heterocycles. The van der Waals surface area contributed by atoms with Crippen molar-refractivity contribution in [3.8, 4) is 0 Å². The van der Waals surface area contributed by atoms with Gasteiger partial charge in [-0.05, 0) is 70.9 Å². The maximum absolute atomic E-state index is 2.80. The summed E-state index contributed by atoms with van der Waals surface area (Å²) in [6.45, 7) is 14.7. The molecule has 20 heavy (non-hydrogen) atoms. The van der Waals surface area contributed by atoms with Gasteiger partial charge in [-0.2, -0.15) is 11.8 Å². The molecular formula is C18H35NS. The second kappa shape index (κ2) is 7.05. The number of nitrogens with zero attached hydrogens (tertiary/aromatic N) is 1. The lowest BCUT2D eigenvalue weighted by Crippen LogP contribution is -2.56. The molecule has 0 N–H and O–H groups in total. The van der Waals surface area contributed by atoms with Gasteiger partial charge in [0.05, 0.1) is 0 Å². The molecule has 118 valence electrons. The maximum Gasteiger partial charge on any atom is 0.0181 e. The normalized spacial score (nSPS) is 31.1.